The summed E-state index contributed by atoms with van der Waals surface area (Å²) in [4.78, 5) is 30.0. The normalized spacial score (nSPS) is 16.6. The molecule has 1 aliphatic heterocycles. The molecule has 10 heteroatoms. The number of nitrogens with zero attached hydrogens (tertiary/aromatic N) is 3. The first-order valence-electron chi connectivity index (χ1n) is 11.4. The number of rotatable bonds is 3. The van der Waals surface area contributed by atoms with Crippen molar-refractivity contribution in [2.24, 2.45) is 4.99 Å². The summed E-state index contributed by atoms with van der Waals surface area (Å²) in [5.41, 5.74) is 4.68. The lowest BCUT2D eigenvalue weighted by Gasteiger charge is -2.31. The van der Waals surface area contributed by atoms with E-state index in [0.717, 1.165) is 35.2 Å². The van der Waals surface area contributed by atoms with Crippen molar-refractivity contribution in [3.8, 4) is 5.75 Å². The van der Waals surface area contributed by atoms with Crippen LogP contribution in [0.1, 0.15) is 34.7 Å². The zero-order chi connectivity index (χ0) is 25.8. The highest BCUT2D eigenvalue weighted by Crippen LogP contribution is 2.42. The van der Waals surface area contributed by atoms with Crippen LogP contribution in [0.15, 0.2) is 80.5 Å². The van der Waals surface area contributed by atoms with E-state index in [9.17, 15) is 20.0 Å². The van der Waals surface area contributed by atoms with E-state index in [4.69, 9.17) is 16.6 Å². The predicted molar refractivity (Wildman–Crippen MR) is 147 cm³/mol. The van der Waals surface area contributed by atoms with Gasteiger partial charge in [0.05, 0.1) is 25.7 Å². The van der Waals surface area contributed by atoms with Gasteiger partial charge in [-0.3, -0.25) is 19.5 Å². The third-order valence-electron chi connectivity index (χ3n) is 6.63. The van der Waals surface area contributed by atoms with Gasteiger partial charge in [-0.2, -0.15) is 0 Å². The Kier molecular flexibility index (Phi) is 5.86. The van der Waals surface area contributed by atoms with Gasteiger partial charge in [-0.05, 0) is 69.2 Å². The zero-order valence-corrected chi connectivity index (χ0v) is 22.2. The van der Waals surface area contributed by atoms with E-state index in [0.29, 0.717) is 19.9 Å². The fourth-order valence-electron chi connectivity index (χ4n) is 4.97. The summed E-state index contributed by atoms with van der Waals surface area (Å²) in [7, 11) is 0. The Labute approximate surface area is 227 Å². The van der Waals surface area contributed by atoms with Crippen molar-refractivity contribution in [3.63, 3.8) is 0 Å². The van der Waals surface area contributed by atoms with E-state index in [2.05, 4.69) is 28.1 Å². The van der Waals surface area contributed by atoms with Crippen molar-refractivity contribution >= 4 is 56.3 Å². The number of thiazole rings is 1. The minimum absolute atomic E-state index is 0.168. The highest BCUT2D eigenvalue weighted by Gasteiger charge is 2.33. The molecule has 1 aromatic heterocycles. The van der Waals surface area contributed by atoms with E-state index >= 15 is 0 Å². The van der Waals surface area contributed by atoms with Crippen LogP contribution in [0.25, 0.3) is 11.8 Å². The standard InChI is InChI=1S/C27H17BrClN3O4S/c28-19-11-14(12-21(25(19)33)32(35)36)13-22-26(34)31-24(17-7-3-4-8-20(17)29)18-10-9-15-5-1-2-6-16(15)23(18)30-27(31)37-22/h1-8,11-13,24,33H,9-10H2/b22-13+. The molecule has 0 saturated carbocycles. The second kappa shape index (κ2) is 9.09. The topological polar surface area (TPSA) is 97.7 Å². The number of phenols is 1. The maximum absolute atomic E-state index is 13.8. The number of phenolic OH excluding ortho intramolecular Hbond substituents is 1. The van der Waals surface area contributed by atoms with E-state index in [1.807, 2.05) is 36.4 Å². The first-order chi connectivity index (χ1) is 17.8. The lowest BCUT2D eigenvalue weighted by molar-refractivity contribution is -0.386. The SMILES string of the molecule is O=c1/c(=C\c2cc(Br)c(O)c([N+](=O)[O-])c2)sc2n1C(c1ccccc1Cl)C1=C(N=2)c2ccccc2CC1. The van der Waals surface area contributed by atoms with Crippen molar-refractivity contribution in [2.45, 2.75) is 18.9 Å². The van der Waals surface area contributed by atoms with Crippen LogP contribution >= 0.6 is 38.9 Å². The Hall–Kier alpha value is -3.53. The molecule has 184 valence electrons. The third-order valence-corrected chi connectivity index (χ3v) is 8.56. The Balaban J connectivity index is 1.63. The molecular formula is C27H17BrClN3O4S. The molecular weight excluding hydrogens is 578 g/mol. The summed E-state index contributed by atoms with van der Waals surface area (Å²) >= 11 is 11.0. The average molecular weight is 595 g/mol. The number of hydrogen-bond donors (Lipinski definition) is 1. The minimum Gasteiger partial charge on any atom is -0.501 e. The summed E-state index contributed by atoms with van der Waals surface area (Å²) in [6.07, 6.45) is 3.16. The molecule has 0 saturated heterocycles. The summed E-state index contributed by atoms with van der Waals surface area (Å²) in [5, 5.41) is 22.0. The minimum atomic E-state index is -0.665. The van der Waals surface area contributed by atoms with Gasteiger partial charge in [0.25, 0.3) is 5.56 Å². The van der Waals surface area contributed by atoms with Crippen LogP contribution in [0.2, 0.25) is 5.02 Å². The van der Waals surface area contributed by atoms with Crippen molar-refractivity contribution in [1.29, 1.82) is 0 Å². The molecule has 1 atom stereocenters. The lowest BCUT2D eigenvalue weighted by Crippen LogP contribution is -2.38. The lowest BCUT2D eigenvalue weighted by atomic mass is 9.83. The van der Waals surface area contributed by atoms with Crippen molar-refractivity contribution in [1.82, 2.24) is 4.57 Å². The van der Waals surface area contributed by atoms with Gasteiger partial charge in [0.15, 0.2) is 4.80 Å². The molecule has 0 fully saturated rings. The van der Waals surface area contributed by atoms with Gasteiger partial charge in [-0.1, -0.05) is 65.4 Å². The molecule has 0 bridgehead atoms. The molecule has 6 rings (SSSR count). The number of nitro benzene ring substituents is 1. The summed E-state index contributed by atoms with van der Waals surface area (Å²) in [6, 6.07) is 18.0. The number of aryl methyl sites for hydroxylation is 1. The molecule has 1 unspecified atom stereocenters. The second-order valence-electron chi connectivity index (χ2n) is 8.76. The Morgan fingerprint density at radius 1 is 1.16 bits per heavy atom. The molecule has 37 heavy (non-hydrogen) atoms. The van der Waals surface area contributed by atoms with Gasteiger partial charge in [0, 0.05) is 16.7 Å². The first kappa shape index (κ1) is 23.8. The Morgan fingerprint density at radius 3 is 2.70 bits per heavy atom. The van der Waals surface area contributed by atoms with Crippen LogP contribution in [0, 0.1) is 10.1 Å². The second-order valence-corrected chi connectivity index (χ2v) is 11.0. The highest BCUT2D eigenvalue weighted by molar-refractivity contribution is 9.10. The van der Waals surface area contributed by atoms with E-state index in [-0.39, 0.29) is 10.0 Å². The molecule has 3 aromatic carbocycles. The number of aromatic hydroxyl groups is 1. The third kappa shape index (κ3) is 3.94. The van der Waals surface area contributed by atoms with Gasteiger partial charge >= 0.3 is 5.69 Å². The van der Waals surface area contributed by atoms with Crippen molar-refractivity contribution < 1.29 is 10.0 Å². The van der Waals surface area contributed by atoms with Crippen molar-refractivity contribution in [3.05, 3.63) is 128 Å². The largest absolute Gasteiger partial charge is 0.501 e. The molecule has 7 nitrogen and oxygen atoms in total. The fourth-order valence-corrected chi connectivity index (χ4v) is 6.68. The number of aromatic nitrogens is 1. The summed E-state index contributed by atoms with van der Waals surface area (Å²) in [5.74, 6) is -0.464. The summed E-state index contributed by atoms with van der Waals surface area (Å²) in [6.45, 7) is 0. The van der Waals surface area contributed by atoms with E-state index in [1.54, 1.807) is 10.6 Å². The van der Waals surface area contributed by atoms with Gasteiger partial charge in [0.1, 0.15) is 0 Å². The number of fused-ring (bicyclic) bond motifs is 3. The van der Waals surface area contributed by atoms with Crippen LogP contribution in [0.5, 0.6) is 5.75 Å². The highest BCUT2D eigenvalue weighted by atomic mass is 79.9. The average Bonchev–Trinajstić information content (AvgIpc) is 3.19. The molecule has 4 aromatic rings. The first-order valence-corrected chi connectivity index (χ1v) is 13.4. The number of nitro groups is 1. The quantitative estimate of drug-likeness (QED) is 0.255. The summed E-state index contributed by atoms with van der Waals surface area (Å²) < 4.78 is 2.21. The fraction of sp³-hybridized carbons (Fsp3) is 0.111. The zero-order valence-electron chi connectivity index (χ0n) is 19.0. The molecule has 1 N–H and O–H groups in total. The maximum Gasteiger partial charge on any atom is 0.312 e. The molecule has 2 heterocycles. The van der Waals surface area contributed by atoms with E-state index < -0.39 is 22.4 Å². The molecule has 0 amide bonds. The van der Waals surface area contributed by atoms with Gasteiger partial charge in [-0.25, -0.2) is 4.99 Å². The van der Waals surface area contributed by atoms with Crippen molar-refractivity contribution in [2.75, 3.05) is 0 Å². The predicted octanol–water partition coefficient (Wildman–Crippen LogP) is 5.35. The number of hydrogen-bond acceptors (Lipinski definition) is 6. The van der Waals surface area contributed by atoms with Gasteiger partial charge in [0.2, 0.25) is 5.75 Å². The van der Waals surface area contributed by atoms with Gasteiger partial charge in [-0.15, -0.1) is 0 Å². The van der Waals surface area contributed by atoms with Crippen LogP contribution < -0.4 is 14.9 Å². The Bertz CT molecular complexity index is 1840. The maximum atomic E-state index is 13.8. The molecule has 2 aliphatic rings. The van der Waals surface area contributed by atoms with Crippen LogP contribution in [0.4, 0.5) is 5.69 Å². The molecule has 0 radical (unpaired) electrons. The smallest absolute Gasteiger partial charge is 0.312 e. The number of halogens is 2. The Morgan fingerprint density at radius 2 is 1.92 bits per heavy atom. The van der Waals surface area contributed by atoms with Crippen LogP contribution in [-0.4, -0.2) is 14.6 Å². The monoisotopic (exact) mass is 593 g/mol. The van der Waals surface area contributed by atoms with Crippen LogP contribution in [0.3, 0.4) is 0 Å². The van der Waals surface area contributed by atoms with Crippen LogP contribution in [-0.2, 0) is 6.42 Å². The number of benzene rings is 3. The van der Waals surface area contributed by atoms with E-state index in [1.165, 1.54) is 29.0 Å². The number of allylic oxidation sites excluding steroid dienone is 1. The van der Waals surface area contributed by atoms with Gasteiger partial charge < -0.3 is 5.11 Å². The molecule has 1 aliphatic carbocycles. The molecule has 0 spiro atoms.